The summed E-state index contributed by atoms with van der Waals surface area (Å²) in [5.74, 6) is 0. The molecule has 1 aromatic carbocycles. The van der Waals surface area contributed by atoms with Crippen molar-refractivity contribution in [1.82, 2.24) is 0 Å². The molecule has 0 fully saturated rings. The van der Waals surface area contributed by atoms with Gasteiger partial charge >= 0.3 is 0 Å². The molecule has 14 heavy (non-hydrogen) atoms. The summed E-state index contributed by atoms with van der Waals surface area (Å²) >= 11 is 0. The van der Waals surface area contributed by atoms with E-state index in [1.54, 1.807) is 0 Å². The quantitative estimate of drug-likeness (QED) is 0.500. The molecule has 0 heterocycles. The van der Waals surface area contributed by atoms with Gasteiger partial charge in [0.2, 0.25) is 0 Å². The van der Waals surface area contributed by atoms with E-state index in [1.165, 1.54) is 5.57 Å². The maximum atomic E-state index is 4.29. The topological polar surface area (TPSA) is 12.4 Å². The predicted molar refractivity (Wildman–Crippen MR) is 63.2 cm³/mol. The molecule has 72 valence electrons. The van der Waals surface area contributed by atoms with Crippen molar-refractivity contribution in [2.45, 2.75) is 13.8 Å². The Morgan fingerprint density at radius 3 is 2.57 bits per heavy atom. The van der Waals surface area contributed by atoms with E-state index in [0.29, 0.717) is 0 Å². The third-order valence-electron chi connectivity index (χ3n) is 1.75. The molecule has 0 unspecified atom stereocenters. The molecule has 0 aromatic heterocycles. The van der Waals surface area contributed by atoms with Crippen molar-refractivity contribution in [3.8, 4) is 0 Å². The molecule has 0 bridgehead atoms. The summed E-state index contributed by atoms with van der Waals surface area (Å²) in [5, 5.41) is 0. The highest BCUT2D eigenvalue weighted by molar-refractivity contribution is 5.75. The average molecular weight is 185 g/mol. The van der Waals surface area contributed by atoms with E-state index in [4.69, 9.17) is 0 Å². The fourth-order valence-electron chi connectivity index (χ4n) is 1.07. The largest absolute Gasteiger partial charge is 0.257 e. The molecule has 0 radical (unpaired) electrons. The molecule has 0 amide bonds. The lowest BCUT2D eigenvalue weighted by Gasteiger charge is -1.89. The minimum absolute atomic E-state index is 0.983. The highest BCUT2D eigenvalue weighted by atomic mass is 14.7. The van der Waals surface area contributed by atoms with Crippen molar-refractivity contribution >= 4 is 11.9 Å². The highest BCUT2D eigenvalue weighted by Gasteiger charge is 1.81. The molecular formula is C13H15N. The third-order valence-corrected chi connectivity index (χ3v) is 1.75. The van der Waals surface area contributed by atoms with E-state index in [0.717, 1.165) is 5.69 Å². The van der Waals surface area contributed by atoms with E-state index in [-0.39, 0.29) is 0 Å². The van der Waals surface area contributed by atoms with Gasteiger partial charge in [-0.05, 0) is 37.6 Å². The summed E-state index contributed by atoms with van der Waals surface area (Å²) in [6.07, 6.45) is 7.89. The minimum atomic E-state index is 0.983. The molecule has 0 aliphatic rings. The molecule has 0 aliphatic heterocycles. The number of nitrogens with zero attached hydrogens (tertiary/aromatic N) is 1. The smallest absolute Gasteiger partial charge is 0.0629 e. The summed E-state index contributed by atoms with van der Waals surface area (Å²) in [5.41, 5.74) is 2.18. The monoisotopic (exact) mass is 185 g/mol. The van der Waals surface area contributed by atoms with E-state index < -0.39 is 0 Å². The first-order valence-electron chi connectivity index (χ1n) is 4.71. The summed E-state index contributed by atoms with van der Waals surface area (Å²) < 4.78 is 0. The minimum Gasteiger partial charge on any atom is -0.257 e. The van der Waals surface area contributed by atoms with Crippen LogP contribution in [0.2, 0.25) is 0 Å². The Bertz CT molecular complexity index is 345. The molecule has 0 saturated heterocycles. The van der Waals surface area contributed by atoms with E-state index in [2.05, 4.69) is 18.0 Å². The van der Waals surface area contributed by atoms with Crippen LogP contribution in [0.5, 0.6) is 0 Å². The lowest BCUT2D eigenvalue weighted by Crippen LogP contribution is -1.70. The SMILES string of the molecule is C/C=C/C(C)=C/C=Nc1ccccc1. The first-order valence-corrected chi connectivity index (χ1v) is 4.71. The van der Waals surface area contributed by atoms with Gasteiger partial charge < -0.3 is 0 Å². The van der Waals surface area contributed by atoms with Crippen LogP contribution in [0.3, 0.4) is 0 Å². The number of hydrogen-bond donors (Lipinski definition) is 0. The number of benzene rings is 1. The molecule has 0 N–H and O–H groups in total. The van der Waals surface area contributed by atoms with Crippen molar-refractivity contribution in [2.75, 3.05) is 0 Å². The Kier molecular flexibility index (Phi) is 4.42. The average Bonchev–Trinajstić information content (AvgIpc) is 2.20. The first kappa shape index (κ1) is 10.5. The van der Waals surface area contributed by atoms with Crippen LogP contribution in [0, 0.1) is 0 Å². The zero-order valence-electron chi connectivity index (χ0n) is 8.64. The fourth-order valence-corrected chi connectivity index (χ4v) is 1.07. The van der Waals surface area contributed by atoms with Gasteiger partial charge in [-0.2, -0.15) is 0 Å². The molecule has 1 nitrogen and oxygen atoms in total. The fraction of sp³-hybridized carbons (Fsp3) is 0.154. The maximum Gasteiger partial charge on any atom is 0.0629 e. The summed E-state index contributed by atoms with van der Waals surface area (Å²) in [6.45, 7) is 4.06. The van der Waals surface area contributed by atoms with Gasteiger partial charge in [0.15, 0.2) is 0 Å². The van der Waals surface area contributed by atoms with E-state index >= 15 is 0 Å². The molecule has 1 rings (SSSR count). The molecule has 0 atom stereocenters. The number of para-hydroxylation sites is 1. The van der Waals surface area contributed by atoms with Crippen LogP contribution in [-0.4, -0.2) is 6.21 Å². The van der Waals surface area contributed by atoms with Crippen LogP contribution in [-0.2, 0) is 0 Å². The Morgan fingerprint density at radius 1 is 1.21 bits per heavy atom. The second kappa shape index (κ2) is 5.92. The second-order valence-electron chi connectivity index (χ2n) is 3.02. The molecule has 0 aliphatic carbocycles. The molecule has 0 spiro atoms. The van der Waals surface area contributed by atoms with Crippen molar-refractivity contribution < 1.29 is 0 Å². The van der Waals surface area contributed by atoms with Gasteiger partial charge in [-0.15, -0.1) is 0 Å². The summed E-state index contributed by atoms with van der Waals surface area (Å²) in [7, 11) is 0. The van der Waals surface area contributed by atoms with Crippen LogP contribution in [0.15, 0.2) is 59.1 Å². The Balaban J connectivity index is 2.62. The van der Waals surface area contributed by atoms with Crippen LogP contribution in [0.4, 0.5) is 5.69 Å². The summed E-state index contributed by atoms with van der Waals surface area (Å²) in [6, 6.07) is 9.91. The standard InChI is InChI=1S/C13H15N/c1-3-7-12(2)10-11-14-13-8-5-4-6-9-13/h3-11H,1-2H3/b7-3+,12-10+,14-11?. The molecule has 1 aromatic rings. The van der Waals surface area contributed by atoms with Gasteiger partial charge in [0.1, 0.15) is 0 Å². The number of rotatable bonds is 3. The lowest BCUT2D eigenvalue weighted by molar-refractivity contribution is 1.50. The van der Waals surface area contributed by atoms with Crippen LogP contribution < -0.4 is 0 Å². The first-order chi connectivity index (χ1) is 6.83. The van der Waals surface area contributed by atoms with Crippen molar-refractivity contribution in [2.24, 2.45) is 4.99 Å². The van der Waals surface area contributed by atoms with Crippen molar-refractivity contribution in [1.29, 1.82) is 0 Å². The van der Waals surface area contributed by atoms with Gasteiger partial charge in [-0.3, -0.25) is 4.99 Å². The molecular weight excluding hydrogens is 170 g/mol. The van der Waals surface area contributed by atoms with Crippen LogP contribution in [0.25, 0.3) is 0 Å². The van der Waals surface area contributed by atoms with Gasteiger partial charge in [0.05, 0.1) is 5.69 Å². The Hall–Kier alpha value is -1.63. The molecule has 1 heteroatoms. The summed E-state index contributed by atoms with van der Waals surface area (Å²) in [4.78, 5) is 4.29. The van der Waals surface area contributed by atoms with Gasteiger partial charge in [-0.25, -0.2) is 0 Å². The van der Waals surface area contributed by atoms with Crippen molar-refractivity contribution in [3.05, 3.63) is 54.1 Å². The van der Waals surface area contributed by atoms with Crippen molar-refractivity contribution in [3.63, 3.8) is 0 Å². The number of hydrogen-bond acceptors (Lipinski definition) is 1. The van der Waals surface area contributed by atoms with Crippen LogP contribution >= 0.6 is 0 Å². The zero-order valence-corrected chi connectivity index (χ0v) is 8.64. The number of aliphatic imine (C=N–C) groups is 1. The Morgan fingerprint density at radius 2 is 1.93 bits per heavy atom. The Labute approximate surface area is 85.5 Å². The normalized spacial score (nSPS) is 12.9. The van der Waals surface area contributed by atoms with Gasteiger partial charge in [-0.1, -0.05) is 30.4 Å². The van der Waals surface area contributed by atoms with E-state index in [9.17, 15) is 0 Å². The van der Waals surface area contributed by atoms with Crippen LogP contribution in [0.1, 0.15) is 13.8 Å². The van der Waals surface area contributed by atoms with E-state index in [1.807, 2.05) is 55.6 Å². The predicted octanol–water partition coefficient (Wildman–Crippen LogP) is 3.91. The second-order valence-corrected chi connectivity index (χ2v) is 3.02. The zero-order chi connectivity index (χ0) is 10.2. The third kappa shape index (κ3) is 3.85. The number of allylic oxidation sites excluding steroid dienone is 4. The van der Waals surface area contributed by atoms with Gasteiger partial charge in [0, 0.05) is 6.21 Å². The lowest BCUT2D eigenvalue weighted by atomic mass is 10.2. The molecule has 0 saturated carbocycles. The maximum absolute atomic E-state index is 4.29. The highest BCUT2D eigenvalue weighted by Crippen LogP contribution is 2.08. The van der Waals surface area contributed by atoms with Gasteiger partial charge in [0.25, 0.3) is 0 Å².